The molecule has 3 nitrogen and oxygen atoms in total. The first-order valence-corrected chi connectivity index (χ1v) is 5.05. The van der Waals surface area contributed by atoms with E-state index >= 15 is 0 Å². The van der Waals surface area contributed by atoms with Crippen LogP contribution in [0.1, 0.15) is 19.4 Å². The Labute approximate surface area is 90.5 Å². The molecule has 1 amide bonds. The predicted molar refractivity (Wildman–Crippen MR) is 61.2 cm³/mol. The van der Waals surface area contributed by atoms with E-state index in [2.05, 4.69) is 0 Å². The van der Waals surface area contributed by atoms with Crippen LogP contribution in [0.5, 0.6) is 0 Å². The van der Waals surface area contributed by atoms with E-state index in [1.807, 2.05) is 44.2 Å². The quantitative estimate of drug-likeness (QED) is 0.772. The summed E-state index contributed by atoms with van der Waals surface area (Å²) >= 11 is 0. The average molecular weight is 206 g/mol. The fourth-order valence-electron chi connectivity index (χ4n) is 1.84. The summed E-state index contributed by atoms with van der Waals surface area (Å²) in [5.74, 6) is -0.675. The molecule has 82 valence electrons. The minimum Gasteiger partial charge on any atom is -0.369 e. The fraction of sp³-hybridized carbons (Fsp3) is 0.417. The minimum absolute atomic E-state index is 0.275. The van der Waals surface area contributed by atoms with E-state index < -0.39 is 0 Å². The van der Waals surface area contributed by atoms with Crippen LogP contribution in [0.2, 0.25) is 0 Å². The maximum Gasteiger partial charge on any atom is 0.222 e. The van der Waals surface area contributed by atoms with E-state index in [1.165, 1.54) is 0 Å². The largest absolute Gasteiger partial charge is 0.369 e. The number of carbonyl (C=O) groups is 1. The lowest BCUT2D eigenvalue weighted by atomic mass is 9.73. The number of benzene rings is 1. The third-order valence-corrected chi connectivity index (χ3v) is 2.97. The standard InChI is InChI=1S/C12H18N2O/c1-12(2,10(8-13)11(14)15)9-6-4-3-5-7-9/h3-7,10H,8,13H2,1-2H3,(H2,14,15). The van der Waals surface area contributed by atoms with Crippen molar-refractivity contribution in [3.63, 3.8) is 0 Å². The van der Waals surface area contributed by atoms with Gasteiger partial charge < -0.3 is 11.5 Å². The number of carbonyl (C=O) groups excluding carboxylic acids is 1. The van der Waals surface area contributed by atoms with Gasteiger partial charge in [-0.2, -0.15) is 0 Å². The van der Waals surface area contributed by atoms with Gasteiger partial charge in [-0.15, -0.1) is 0 Å². The van der Waals surface area contributed by atoms with Gasteiger partial charge in [0, 0.05) is 12.0 Å². The molecule has 0 aliphatic heterocycles. The Kier molecular flexibility index (Phi) is 3.48. The summed E-state index contributed by atoms with van der Waals surface area (Å²) < 4.78 is 0. The summed E-state index contributed by atoms with van der Waals surface area (Å²) in [5.41, 5.74) is 11.7. The third-order valence-electron chi connectivity index (χ3n) is 2.97. The Morgan fingerprint density at radius 2 is 1.87 bits per heavy atom. The Hall–Kier alpha value is -1.35. The summed E-state index contributed by atoms with van der Waals surface area (Å²) in [4.78, 5) is 11.3. The van der Waals surface area contributed by atoms with Crippen LogP contribution in [-0.2, 0) is 10.2 Å². The molecule has 0 heterocycles. The van der Waals surface area contributed by atoms with Crippen LogP contribution in [0.25, 0.3) is 0 Å². The zero-order valence-electron chi connectivity index (χ0n) is 9.23. The number of amides is 1. The van der Waals surface area contributed by atoms with Crippen molar-refractivity contribution in [1.29, 1.82) is 0 Å². The first-order valence-electron chi connectivity index (χ1n) is 5.05. The molecule has 4 N–H and O–H groups in total. The third kappa shape index (κ3) is 2.36. The molecule has 1 atom stereocenters. The number of hydrogen-bond donors (Lipinski definition) is 2. The lowest BCUT2D eigenvalue weighted by Gasteiger charge is -2.31. The van der Waals surface area contributed by atoms with Crippen molar-refractivity contribution in [2.45, 2.75) is 19.3 Å². The molecule has 1 aromatic rings. The molecule has 0 saturated carbocycles. The lowest BCUT2D eigenvalue weighted by molar-refractivity contribution is -0.123. The van der Waals surface area contributed by atoms with Crippen LogP contribution in [0.15, 0.2) is 30.3 Å². The van der Waals surface area contributed by atoms with Gasteiger partial charge in [0.15, 0.2) is 0 Å². The first kappa shape index (κ1) is 11.7. The highest BCUT2D eigenvalue weighted by Gasteiger charge is 2.33. The summed E-state index contributed by atoms with van der Waals surface area (Å²) in [6, 6.07) is 9.83. The second-order valence-corrected chi connectivity index (χ2v) is 4.28. The van der Waals surface area contributed by atoms with E-state index in [4.69, 9.17) is 11.5 Å². The molecule has 3 heteroatoms. The van der Waals surface area contributed by atoms with Crippen LogP contribution in [0.4, 0.5) is 0 Å². The second kappa shape index (κ2) is 4.45. The van der Waals surface area contributed by atoms with Gasteiger partial charge in [-0.3, -0.25) is 4.79 Å². The highest BCUT2D eigenvalue weighted by Crippen LogP contribution is 2.30. The van der Waals surface area contributed by atoms with Crippen molar-refractivity contribution in [3.05, 3.63) is 35.9 Å². The lowest BCUT2D eigenvalue weighted by Crippen LogP contribution is -2.43. The van der Waals surface area contributed by atoms with E-state index in [0.717, 1.165) is 5.56 Å². The highest BCUT2D eigenvalue weighted by atomic mass is 16.1. The van der Waals surface area contributed by atoms with Gasteiger partial charge in [-0.1, -0.05) is 44.2 Å². The Morgan fingerprint density at radius 3 is 2.27 bits per heavy atom. The van der Waals surface area contributed by atoms with Gasteiger partial charge >= 0.3 is 0 Å². The van der Waals surface area contributed by atoms with Crippen molar-refractivity contribution in [2.75, 3.05) is 6.54 Å². The normalized spacial score (nSPS) is 13.5. The Bertz CT molecular complexity index is 333. The monoisotopic (exact) mass is 206 g/mol. The summed E-state index contributed by atoms with van der Waals surface area (Å²) in [6.45, 7) is 4.26. The predicted octanol–water partition coefficient (Wildman–Crippen LogP) is 1.02. The smallest absolute Gasteiger partial charge is 0.222 e. The zero-order valence-corrected chi connectivity index (χ0v) is 9.23. The molecule has 0 fully saturated rings. The van der Waals surface area contributed by atoms with E-state index in [-0.39, 0.29) is 23.8 Å². The van der Waals surface area contributed by atoms with E-state index in [9.17, 15) is 4.79 Å². The van der Waals surface area contributed by atoms with Gasteiger partial charge in [0.1, 0.15) is 0 Å². The van der Waals surface area contributed by atoms with E-state index in [1.54, 1.807) is 0 Å². The molecule has 0 aliphatic carbocycles. The molecule has 0 radical (unpaired) electrons. The second-order valence-electron chi connectivity index (χ2n) is 4.28. The number of nitrogens with two attached hydrogens (primary N) is 2. The maximum absolute atomic E-state index is 11.3. The van der Waals surface area contributed by atoms with Crippen molar-refractivity contribution in [3.8, 4) is 0 Å². The van der Waals surface area contributed by atoms with Crippen LogP contribution in [0.3, 0.4) is 0 Å². The summed E-state index contributed by atoms with van der Waals surface area (Å²) in [5, 5.41) is 0. The maximum atomic E-state index is 11.3. The molecule has 0 aliphatic rings. The van der Waals surface area contributed by atoms with Crippen molar-refractivity contribution >= 4 is 5.91 Å². The van der Waals surface area contributed by atoms with Crippen LogP contribution >= 0.6 is 0 Å². The number of hydrogen-bond acceptors (Lipinski definition) is 2. The van der Waals surface area contributed by atoms with Gasteiger partial charge in [-0.25, -0.2) is 0 Å². The Morgan fingerprint density at radius 1 is 1.33 bits per heavy atom. The number of primary amides is 1. The first-order chi connectivity index (χ1) is 7.00. The molecule has 0 aromatic heterocycles. The molecular formula is C12H18N2O. The summed E-state index contributed by atoms with van der Waals surface area (Å²) in [7, 11) is 0. The minimum atomic E-state index is -0.341. The zero-order chi connectivity index (χ0) is 11.5. The fourth-order valence-corrected chi connectivity index (χ4v) is 1.84. The molecule has 1 rings (SSSR count). The Balaban J connectivity index is 3.05. The highest BCUT2D eigenvalue weighted by molar-refractivity contribution is 5.78. The molecule has 0 bridgehead atoms. The van der Waals surface area contributed by atoms with Crippen LogP contribution in [0, 0.1) is 5.92 Å². The SMILES string of the molecule is CC(C)(c1ccccc1)C(CN)C(N)=O. The number of rotatable bonds is 4. The summed E-state index contributed by atoms with van der Waals surface area (Å²) in [6.07, 6.45) is 0. The van der Waals surface area contributed by atoms with Crippen molar-refractivity contribution in [2.24, 2.45) is 17.4 Å². The molecular weight excluding hydrogens is 188 g/mol. The molecule has 0 saturated heterocycles. The average Bonchev–Trinajstić information content (AvgIpc) is 2.19. The van der Waals surface area contributed by atoms with Crippen LogP contribution in [-0.4, -0.2) is 12.5 Å². The van der Waals surface area contributed by atoms with E-state index in [0.29, 0.717) is 0 Å². The van der Waals surface area contributed by atoms with Crippen molar-refractivity contribution < 1.29 is 4.79 Å². The topological polar surface area (TPSA) is 69.1 Å². The van der Waals surface area contributed by atoms with Gasteiger partial charge in [0.2, 0.25) is 5.91 Å². The molecule has 1 unspecified atom stereocenters. The molecule has 15 heavy (non-hydrogen) atoms. The van der Waals surface area contributed by atoms with Gasteiger partial charge in [-0.05, 0) is 5.56 Å². The van der Waals surface area contributed by atoms with Crippen LogP contribution < -0.4 is 11.5 Å². The van der Waals surface area contributed by atoms with Crippen molar-refractivity contribution in [1.82, 2.24) is 0 Å². The van der Waals surface area contributed by atoms with Gasteiger partial charge in [0.25, 0.3) is 0 Å². The molecule has 1 aromatic carbocycles. The molecule has 0 spiro atoms. The van der Waals surface area contributed by atoms with Gasteiger partial charge in [0.05, 0.1) is 5.92 Å².